The second kappa shape index (κ2) is 4.04. The van der Waals surface area contributed by atoms with Crippen LogP contribution in [0.15, 0.2) is 42.5 Å². The van der Waals surface area contributed by atoms with Crippen molar-refractivity contribution in [2.24, 2.45) is 0 Å². The quantitative estimate of drug-likeness (QED) is 0.727. The Morgan fingerprint density at radius 2 is 1.79 bits per heavy atom. The summed E-state index contributed by atoms with van der Waals surface area (Å²) in [6.07, 6.45) is 0. The number of halogens is 1. The average Bonchev–Trinajstić information content (AvgIpc) is 2.18. The number of hydrogen-bond donors (Lipinski definition) is 0. The van der Waals surface area contributed by atoms with Crippen molar-refractivity contribution in [2.75, 3.05) is 0 Å². The summed E-state index contributed by atoms with van der Waals surface area (Å²) in [7, 11) is -2.46. The molecule has 0 heterocycles. The Hall–Kier alpha value is -0.980. The SMILES string of the molecule is O=[PH](Cl)Oc1cccc2ccccc12. The van der Waals surface area contributed by atoms with Crippen LogP contribution in [0.4, 0.5) is 0 Å². The Labute approximate surface area is 87.1 Å². The lowest BCUT2D eigenvalue weighted by atomic mass is 10.1. The van der Waals surface area contributed by atoms with Crippen molar-refractivity contribution in [2.45, 2.75) is 0 Å². The van der Waals surface area contributed by atoms with E-state index in [0.717, 1.165) is 10.8 Å². The van der Waals surface area contributed by atoms with Gasteiger partial charge in [-0.2, -0.15) is 0 Å². The van der Waals surface area contributed by atoms with Gasteiger partial charge in [0.25, 0.3) is 0 Å². The Morgan fingerprint density at radius 1 is 1.07 bits per heavy atom. The largest absolute Gasteiger partial charge is 0.434 e. The van der Waals surface area contributed by atoms with Gasteiger partial charge in [-0.3, -0.25) is 4.57 Å². The second-order valence-corrected chi connectivity index (χ2v) is 4.42. The topological polar surface area (TPSA) is 26.3 Å². The van der Waals surface area contributed by atoms with Crippen molar-refractivity contribution >= 4 is 29.4 Å². The maximum absolute atomic E-state index is 10.8. The first-order chi connectivity index (χ1) is 6.77. The Kier molecular flexibility index (Phi) is 2.76. The second-order valence-electron chi connectivity index (χ2n) is 2.82. The molecule has 2 rings (SSSR count). The molecular formula is C10H8ClO2P. The fraction of sp³-hybridized carbons (Fsp3) is 0. The van der Waals surface area contributed by atoms with Crippen molar-refractivity contribution < 1.29 is 9.09 Å². The van der Waals surface area contributed by atoms with Gasteiger partial charge in [0.2, 0.25) is 0 Å². The van der Waals surface area contributed by atoms with Gasteiger partial charge in [-0.25, -0.2) is 0 Å². The summed E-state index contributed by atoms with van der Waals surface area (Å²) >= 11 is 5.34. The van der Waals surface area contributed by atoms with Crippen LogP contribution < -0.4 is 4.52 Å². The molecule has 0 fully saturated rings. The minimum Gasteiger partial charge on any atom is -0.434 e. The molecule has 0 amide bonds. The van der Waals surface area contributed by atoms with Crippen molar-refractivity contribution in [1.82, 2.24) is 0 Å². The Balaban J connectivity index is 2.59. The molecule has 0 radical (unpaired) electrons. The minimum atomic E-state index is -2.46. The molecule has 0 saturated carbocycles. The van der Waals surface area contributed by atoms with Crippen molar-refractivity contribution in [3.05, 3.63) is 42.5 Å². The van der Waals surface area contributed by atoms with Crippen LogP contribution in [0.3, 0.4) is 0 Å². The lowest BCUT2D eigenvalue weighted by Crippen LogP contribution is -1.80. The molecule has 0 N–H and O–H groups in total. The molecule has 0 aliphatic heterocycles. The molecule has 1 atom stereocenters. The molecule has 0 bridgehead atoms. The van der Waals surface area contributed by atoms with Gasteiger partial charge >= 0.3 is 7.38 Å². The highest BCUT2D eigenvalue weighted by atomic mass is 35.7. The van der Waals surface area contributed by atoms with Crippen molar-refractivity contribution in [1.29, 1.82) is 0 Å². The van der Waals surface area contributed by atoms with Gasteiger partial charge in [0.1, 0.15) is 5.75 Å². The summed E-state index contributed by atoms with van der Waals surface area (Å²) in [6, 6.07) is 13.3. The molecule has 2 nitrogen and oxygen atoms in total. The van der Waals surface area contributed by atoms with E-state index in [1.165, 1.54) is 0 Å². The fourth-order valence-electron chi connectivity index (χ4n) is 1.37. The van der Waals surface area contributed by atoms with E-state index in [4.69, 9.17) is 15.8 Å². The first-order valence-electron chi connectivity index (χ1n) is 4.12. The first-order valence-corrected chi connectivity index (χ1v) is 6.45. The first kappa shape index (κ1) is 9.57. The smallest absolute Gasteiger partial charge is 0.325 e. The molecule has 1 unspecified atom stereocenters. The van der Waals surface area contributed by atoms with E-state index in [2.05, 4.69) is 0 Å². The molecule has 0 aliphatic rings. The average molecular weight is 227 g/mol. The highest BCUT2D eigenvalue weighted by Gasteiger charge is 2.02. The maximum atomic E-state index is 10.8. The monoisotopic (exact) mass is 226 g/mol. The molecule has 14 heavy (non-hydrogen) atoms. The minimum absolute atomic E-state index is 0.571. The molecule has 0 spiro atoms. The van der Waals surface area contributed by atoms with Gasteiger partial charge in [-0.1, -0.05) is 36.4 Å². The molecule has 4 heteroatoms. The molecular weight excluding hydrogens is 219 g/mol. The number of rotatable bonds is 2. The summed E-state index contributed by atoms with van der Waals surface area (Å²) in [5, 5.41) is 1.97. The van der Waals surface area contributed by atoms with Crippen LogP contribution >= 0.6 is 18.6 Å². The van der Waals surface area contributed by atoms with Crippen LogP contribution in [-0.2, 0) is 4.57 Å². The molecule has 0 aliphatic carbocycles. The van der Waals surface area contributed by atoms with Crippen molar-refractivity contribution in [3.63, 3.8) is 0 Å². The standard InChI is InChI=1S/C10H8ClO2P/c11-14(12)13-10-7-3-5-8-4-1-2-6-9(8)10/h1-7,14H. The third-order valence-corrected chi connectivity index (χ3v) is 2.55. The zero-order valence-corrected chi connectivity index (χ0v) is 8.99. The number of hydrogen-bond acceptors (Lipinski definition) is 2. The zero-order valence-electron chi connectivity index (χ0n) is 7.24. The molecule has 0 saturated heterocycles. The van der Waals surface area contributed by atoms with E-state index in [1.54, 1.807) is 6.07 Å². The summed E-state index contributed by atoms with van der Waals surface area (Å²) < 4.78 is 15.8. The lowest BCUT2D eigenvalue weighted by molar-refractivity contribution is 0.522. The molecule has 2 aromatic carbocycles. The molecule has 2 aromatic rings. The highest BCUT2D eigenvalue weighted by molar-refractivity contribution is 7.70. The van der Waals surface area contributed by atoms with Crippen LogP contribution in [0, 0.1) is 0 Å². The fourth-order valence-corrected chi connectivity index (χ4v) is 1.97. The van der Waals surface area contributed by atoms with Crippen LogP contribution in [-0.4, -0.2) is 0 Å². The third kappa shape index (κ3) is 1.92. The van der Waals surface area contributed by atoms with Gasteiger partial charge in [-0.15, -0.1) is 0 Å². The Morgan fingerprint density at radius 3 is 2.57 bits per heavy atom. The van der Waals surface area contributed by atoms with E-state index < -0.39 is 7.38 Å². The van der Waals surface area contributed by atoms with Crippen LogP contribution in [0.1, 0.15) is 0 Å². The summed E-state index contributed by atoms with van der Waals surface area (Å²) in [5.74, 6) is 0.571. The van der Waals surface area contributed by atoms with Crippen LogP contribution in [0.5, 0.6) is 5.75 Å². The van der Waals surface area contributed by atoms with Gasteiger partial charge in [0.15, 0.2) is 0 Å². The van der Waals surface area contributed by atoms with E-state index in [9.17, 15) is 4.57 Å². The van der Waals surface area contributed by atoms with E-state index in [0.29, 0.717) is 5.75 Å². The Bertz CT molecular complexity index is 479. The summed E-state index contributed by atoms with van der Waals surface area (Å²) in [5.41, 5.74) is 0. The van der Waals surface area contributed by atoms with Crippen molar-refractivity contribution in [3.8, 4) is 5.75 Å². The third-order valence-electron chi connectivity index (χ3n) is 1.94. The normalized spacial score (nSPS) is 12.6. The van der Waals surface area contributed by atoms with E-state index >= 15 is 0 Å². The van der Waals surface area contributed by atoms with Gasteiger partial charge < -0.3 is 4.52 Å². The summed E-state index contributed by atoms with van der Waals surface area (Å²) in [6.45, 7) is 0. The summed E-state index contributed by atoms with van der Waals surface area (Å²) in [4.78, 5) is 0. The molecule has 72 valence electrons. The molecule has 0 aromatic heterocycles. The number of benzene rings is 2. The van der Waals surface area contributed by atoms with E-state index in [-0.39, 0.29) is 0 Å². The van der Waals surface area contributed by atoms with Gasteiger partial charge in [-0.05, 0) is 22.7 Å². The van der Waals surface area contributed by atoms with Gasteiger partial charge in [0, 0.05) is 5.39 Å². The predicted octanol–water partition coefficient (Wildman–Crippen LogP) is 3.85. The lowest BCUT2D eigenvalue weighted by Gasteiger charge is -2.04. The zero-order chi connectivity index (χ0) is 9.97. The predicted molar refractivity (Wildman–Crippen MR) is 59.4 cm³/mol. The van der Waals surface area contributed by atoms with Crippen LogP contribution in [0.25, 0.3) is 10.8 Å². The highest BCUT2D eigenvalue weighted by Crippen LogP contribution is 2.35. The number of fused-ring (bicyclic) bond motifs is 1. The van der Waals surface area contributed by atoms with Gasteiger partial charge in [0.05, 0.1) is 0 Å². The van der Waals surface area contributed by atoms with Crippen LogP contribution in [0.2, 0.25) is 0 Å². The maximum Gasteiger partial charge on any atom is 0.325 e. The van der Waals surface area contributed by atoms with E-state index in [1.807, 2.05) is 36.4 Å².